The SMILES string of the molecule is Cc1ccccc1N(CC(=O)NCc1cccs1)C(C)C. The lowest BCUT2D eigenvalue weighted by atomic mass is 10.1. The molecule has 0 bridgehead atoms. The van der Waals surface area contributed by atoms with Crippen molar-refractivity contribution in [2.45, 2.75) is 33.4 Å². The lowest BCUT2D eigenvalue weighted by Crippen LogP contribution is -2.41. The highest BCUT2D eigenvalue weighted by Gasteiger charge is 2.16. The zero-order valence-electron chi connectivity index (χ0n) is 12.8. The maximum absolute atomic E-state index is 12.2. The number of benzene rings is 1. The highest BCUT2D eigenvalue weighted by atomic mass is 32.1. The summed E-state index contributed by atoms with van der Waals surface area (Å²) in [5, 5.41) is 5.01. The monoisotopic (exact) mass is 302 g/mol. The fourth-order valence-corrected chi connectivity index (χ4v) is 2.89. The molecule has 1 aromatic heterocycles. The molecule has 2 rings (SSSR count). The van der Waals surface area contributed by atoms with E-state index in [4.69, 9.17) is 0 Å². The van der Waals surface area contributed by atoms with Crippen LogP contribution in [0.15, 0.2) is 41.8 Å². The minimum absolute atomic E-state index is 0.0559. The van der Waals surface area contributed by atoms with E-state index in [1.807, 2.05) is 29.6 Å². The van der Waals surface area contributed by atoms with Crippen molar-refractivity contribution in [2.24, 2.45) is 0 Å². The van der Waals surface area contributed by atoms with Gasteiger partial charge >= 0.3 is 0 Å². The lowest BCUT2D eigenvalue weighted by Gasteiger charge is -2.29. The minimum Gasteiger partial charge on any atom is -0.360 e. The first-order valence-corrected chi connectivity index (χ1v) is 8.07. The third-order valence-corrected chi connectivity index (χ3v) is 4.28. The first-order chi connectivity index (χ1) is 10.1. The summed E-state index contributed by atoms with van der Waals surface area (Å²) in [6, 6.07) is 12.5. The minimum atomic E-state index is 0.0559. The molecule has 0 saturated heterocycles. The molecule has 4 heteroatoms. The van der Waals surface area contributed by atoms with Crippen molar-refractivity contribution in [1.82, 2.24) is 5.32 Å². The predicted octanol–water partition coefficient (Wildman–Crippen LogP) is 3.59. The Hall–Kier alpha value is -1.81. The van der Waals surface area contributed by atoms with Crippen molar-refractivity contribution in [3.05, 3.63) is 52.2 Å². The molecular weight excluding hydrogens is 280 g/mol. The van der Waals surface area contributed by atoms with Crippen LogP contribution in [0.2, 0.25) is 0 Å². The molecule has 0 aliphatic carbocycles. The standard InChI is InChI=1S/C17H22N2OS/c1-13(2)19(16-9-5-4-7-14(16)3)12-17(20)18-11-15-8-6-10-21-15/h4-10,13H,11-12H2,1-3H3,(H,18,20). The van der Waals surface area contributed by atoms with Gasteiger partial charge in [-0.25, -0.2) is 0 Å². The molecule has 1 aromatic carbocycles. The first-order valence-electron chi connectivity index (χ1n) is 7.19. The van der Waals surface area contributed by atoms with Gasteiger partial charge in [0, 0.05) is 16.6 Å². The second-order valence-corrected chi connectivity index (χ2v) is 6.40. The highest BCUT2D eigenvalue weighted by Crippen LogP contribution is 2.21. The number of nitrogens with one attached hydrogen (secondary N) is 1. The van der Waals surface area contributed by atoms with E-state index < -0.39 is 0 Å². The van der Waals surface area contributed by atoms with Crippen LogP contribution in [0.4, 0.5) is 5.69 Å². The second-order valence-electron chi connectivity index (χ2n) is 5.36. The number of thiophene rings is 1. The predicted molar refractivity (Wildman–Crippen MR) is 89.8 cm³/mol. The summed E-state index contributed by atoms with van der Waals surface area (Å²) in [4.78, 5) is 15.5. The van der Waals surface area contributed by atoms with Gasteiger partial charge in [-0.15, -0.1) is 11.3 Å². The van der Waals surface area contributed by atoms with E-state index in [2.05, 4.69) is 43.1 Å². The van der Waals surface area contributed by atoms with Crippen molar-refractivity contribution in [2.75, 3.05) is 11.4 Å². The molecule has 0 saturated carbocycles. The fraction of sp³-hybridized carbons (Fsp3) is 0.353. The largest absolute Gasteiger partial charge is 0.360 e. The molecule has 1 heterocycles. The summed E-state index contributed by atoms with van der Waals surface area (Å²) in [5.74, 6) is 0.0559. The van der Waals surface area contributed by atoms with Gasteiger partial charge in [0.2, 0.25) is 5.91 Å². The Labute approximate surface area is 130 Å². The van der Waals surface area contributed by atoms with Gasteiger partial charge in [-0.1, -0.05) is 24.3 Å². The molecular formula is C17H22N2OS. The molecule has 3 nitrogen and oxygen atoms in total. The molecule has 0 spiro atoms. The molecule has 21 heavy (non-hydrogen) atoms. The van der Waals surface area contributed by atoms with Gasteiger partial charge in [-0.2, -0.15) is 0 Å². The Morgan fingerprint density at radius 3 is 2.62 bits per heavy atom. The Morgan fingerprint density at radius 2 is 2.00 bits per heavy atom. The zero-order valence-corrected chi connectivity index (χ0v) is 13.6. The first kappa shape index (κ1) is 15.6. The van der Waals surface area contributed by atoms with Gasteiger partial charge in [-0.05, 0) is 43.8 Å². The Kier molecular flexibility index (Phi) is 5.39. The average Bonchev–Trinajstić information content (AvgIpc) is 2.96. The van der Waals surface area contributed by atoms with Crippen molar-refractivity contribution in [1.29, 1.82) is 0 Å². The van der Waals surface area contributed by atoms with Crippen LogP contribution in [0, 0.1) is 6.92 Å². The molecule has 0 radical (unpaired) electrons. The average molecular weight is 302 g/mol. The number of rotatable bonds is 6. The quantitative estimate of drug-likeness (QED) is 0.884. The summed E-state index contributed by atoms with van der Waals surface area (Å²) in [6.45, 7) is 7.29. The van der Waals surface area contributed by atoms with Crippen molar-refractivity contribution >= 4 is 22.9 Å². The highest BCUT2D eigenvalue weighted by molar-refractivity contribution is 7.09. The van der Waals surface area contributed by atoms with Crippen molar-refractivity contribution in [3.8, 4) is 0 Å². The number of carbonyl (C=O) groups excluding carboxylic acids is 1. The van der Waals surface area contributed by atoms with Crippen molar-refractivity contribution in [3.63, 3.8) is 0 Å². The van der Waals surface area contributed by atoms with Gasteiger partial charge < -0.3 is 10.2 Å². The van der Waals surface area contributed by atoms with E-state index in [0.29, 0.717) is 13.1 Å². The number of anilines is 1. The van der Waals surface area contributed by atoms with Crippen LogP contribution in [-0.2, 0) is 11.3 Å². The third kappa shape index (κ3) is 4.33. The van der Waals surface area contributed by atoms with E-state index in [1.54, 1.807) is 11.3 Å². The molecule has 1 amide bonds. The van der Waals surface area contributed by atoms with Crippen LogP contribution in [0.1, 0.15) is 24.3 Å². The van der Waals surface area contributed by atoms with Crippen LogP contribution in [0.3, 0.4) is 0 Å². The van der Waals surface area contributed by atoms with E-state index in [-0.39, 0.29) is 11.9 Å². The van der Waals surface area contributed by atoms with Gasteiger partial charge in [0.25, 0.3) is 0 Å². The number of para-hydroxylation sites is 1. The Morgan fingerprint density at radius 1 is 1.24 bits per heavy atom. The zero-order chi connectivity index (χ0) is 15.2. The number of hydrogen-bond donors (Lipinski definition) is 1. The molecule has 0 aliphatic heterocycles. The van der Waals surface area contributed by atoms with E-state index >= 15 is 0 Å². The molecule has 0 fully saturated rings. The fourth-order valence-electron chi connectivity index (χ4n) is 2.24. The lowest BCUT2D eigenvalue weighted by molar-refractivity contribution is -0.120. The van der Waals surface area contributed by atoms with Crippen LogP contribution in [0.5, 0.6) is 0 Å². The number of amides is 1. The van der Waals surface area contributed by atoms with Gasteiger partial charge in [0.15, 0.2) is 0 Å². The molecule has 0 atom stereocenters. The van der Waals surface area contributed by atoms with E-state index in [0.717, 1.165) is 5.69 Å². The van der Waals surface area contributed by atoms with Crippen LogP contribution < -0.4 is 10.2 Å². The number of nitrogens with zero attached hydrogens (tertiary/aromatic N) is 1. The molecule has 0 aliphatic rings. The van der Waals surface area contributed by atoms with Crippen LogP contribution in [-0.4, -0.2) is 18.5 Å². The smallest absolute Gasteiger partial charge is 0.239 e. The summed E-state index contributed by atoms with van der Waals surface area (Å²) >= 11 is 1.66. The molecule has 2 aromatic rings. The maximum atomic E-state index is 12.2. The van der Waals surface area contributed by atoms with Crippen LogP contribution in [0.25, 0.3) is 0 Å². The Bertz CT molecular complexity index is 578. The van der Waals surface area contributed by atoms with Gasteiger partial charge in [-0.3, -0.25) is 4.79 Å². The second kappa shape index (κ2) is 7.27. The van der Waals surface area contributed by atoms with Crippen molar-refractivity contribution < 1.29 is 4.79 Å². The number of carbonyl (C=O) groups is 1. The number of aryl methyl sites for hydroxylation is 1. The Balaban J connectivity index is 2.00. The number of hydrogen-bond acceptors (Lipinski definition) is 3. The van der Waals surface area contributed by atoms with E-state index in [1.165, 1.54) is 10.4 Å². The summed E-state index contributed by atoms with van der Waals surface area (Å²) in [5.41, 5.74) is 2.32. The summed E-state index contributed by atoms with van der Waals surface area (Å²) in [7, 11) is 0. The van der Waals surface area contributed by atoms with Gasteiger partial charge in [0.05, 0.1) is 13.1 Å². The molecule has 112 valence electrons. The topological polar surface area (TPSA) is 32.3 Å². The normalized spacial score (nSPS) is 10.7. The maximum Gasteiger partial charge on any atom is 0.239 e. The van der Waals surface area contributed by atoms with E-state index in [9.17, 15) is 4.79 Å². The van der Waals surface area contributed by atoms with Crippen LogP contribution >= 0.6 is 11.3 Å². The molecule has 0 unspecified atom stereocenters. The summed E-state index contributed by atoms with van der Waals surface area (Å²) in [6.07, 6.45) is 0. The third-order valence-electron chi connectivity index (χ3n) is 3.40. The molecule has 1 N–H and O–H groups in total. The summed E-state index contributed by atoms with van der Waals surface area (Å²) < 4.78 is 0. The van der Waals surface area contributed by atoms with Gasteiger partial charge in [0.1, 0.15) is 0 Å².